The fourth-order valence-electron chi connectivity index (χ4n) is 0.241. The molecule has 0 aromatic carbocycles. The number of hydrogen-bond acceptors (Lipinski definition) is 2. The van der Waals surface area contributed by atoms with Crippen LogP contribution in [0.1, 0.15) is 6.42 Å². The fraction of sp³-hybridized carbons (Fsp3) is 0.667. The molecule has 0 saturated heterocycles. The summed E-state index contributed by atoms with van der Waals surface area (Å²) in [6.45, 7) is -3.41. The number of rotatable bonds is 3. The lowest BCUT2D eigenvalue weighted by molar-refractivity contribution is -0.136. The van der Waals surface area contributed by atoms with Crippen molar-refractivity contribution in [2.24, 2.45) is 0 Å². The fourth-order valence-corrected chi connectivity index (χ4v) is 1.02. The first-order chi connectivity index (χ1) is 3.92. The summed E-state index contributed by atoms with van der Waals surface area (Å²) in [6, 6.07) is 0. The zero-order valence-corrected chi connectivity index (χ0v) is 6.31. The van der Waals surface area contributed by atoms with Gasteiger partial charge in [-0.05, 0) is 0 Å². The highest BCUT2D eigenvalue weighted by atomic mass is 32.7. The SMILES string of the molecule is O=C(O)CCP(=O)(O)S. The van der Waals surface area contributed by atoms with Crippen LogP contribution in [0.3, 0.4) is 0 Å². The minimum Gasteiger partial charge on any atom is -0.481 e. The van der Waals surface area contributed by atoms with Crippen LogP contribution >= 0.6 is 18.8 Å². The van der Waals surface area contributed by atoms with Crippen molar-refractivity contribution < 1.29 is 19.4 Å². The second-order valence-corrected chi connectivity index (χ2v) is 5.18. The van der Waals surface area contributed by atoms with Gasteiger partial charge in [-0.1, -0.05) is 12.2 Å². The van der Waals surface area contributed by atoms with E-state index in [0.717, 1.165) is 0 Å². The van der Waals surface area contributed by atoms with Gasteiger partial charge in [0.2, 0.25) is 0 Å². The average molecular weight is 170 g/mol. The van der Waals surface area contributed by atoms with Gasteiger partial charge in [-0.2, -0.15) is 0 Å². The first-order valence-electron chi connectivity index (χ1n) is 2.18. The summed E-state index contributed by atoms with van der Waals surface area (Å²) in [6.07, 6.45) is -0.581. The monoisotopic (exact) mass is 170 g/mol. The van der Waals surface area contributed by atoms with Gasteiger partial charge in [-0.25, -0.2) is 0 Å². The van der Waals surface area contributed by atoms with Crippen LogP contribution in [-0.2, 0) is 9.36 Å². The predicted octanol–water partition coefficient (Wildman–Crippen LogP) is 0.576. The molecule has 0 amide bonds. The van der Waals surface area contributed by atoms with E-state index >= 15 is 0 Å². The number of carbonyl (C=O) groups is 1. The van der Waals surface area contributed by atoms with Crippen LogP contribution in [-0.4, -0.2) is 22.1 Å². The molecule has 0 aromatic heterocycles. The van der Waals surface area contributed by atoms with E-state index < -0.39 is 12.5 Å². The molecule has 0 bridgehead atoms. The molecule has 0 aliphatic heterocycles. The summed E-state index contributed by atoms with van der Waals surface area (Å²) in [5.74, 6) is -1.08. The normalized spacial score (nSPS) is 16.7. The standard InChI is InChI=1S/C3H7O4PS/c4-3(5)1-2-8(6,7)9/h1-2H2,(H,4,5)(H2,6,7,9). The van der Waals surface area contributed by atoms with Crippen molar-refractivity contribution in [3.63, 3.8) is 0 Å². The minimum absolute atomic E-state index is 0.272. The Hall–Kier alpha value is 0.01000. The number of carboxylic acids is 1. The largest absolute Gasteiger partial charge is 0.481 e. The van der Waals surface area contributed by atoms with Crippen molar-refractivity contribution in [2.75, 3.05) is 6.16 Å². The Balaban J connectivity index is 3.53. The minimum atomic E-state index is -3.41. The second kappa shape index (κ2) is 3.25. The molecule has 1 unspecified atom stereocenters. The molecular weight excluding hydrogens is 163 g/mol. The average Bonchev–Trinajstić information content (AvgIpc) is 1.59. The molecule has 0 rings (SSSR count). The summed E-state index contributed by atoms with van der Waals surface area (Å²) < 4.78 is 10.3. The van der Waals surface area contributed by atoms with Crippen LogP contribution < -0.4 is 0 Å². The Kier molecular flexibility index (Phi) is 3.25. The van der Waals surface area contributed by atoms with Crippen LogP contribution in [0.15, 0.2) is 0 Å². The smallest absolute Gasteiger partial charge is 0.303 e. The quantitative estimate of drug-likeness (QED) is 0.427. The van der Waals surface area contributed by atoms with Crippen molar-refractivity contribution >= 4 is 24.8 Å². The van der Waals surface area contributed by atoms with Crippen LogP contribution in [0.25, 0.3) is 0 Å². The lowest BCUT2D eigenvalue weighted by Gasteiger charge is -1.98. The van der Waals surface area contributed by atoms with E-state index in [-0.39, 0.29) is 12.6 Å². The van der Waals surface area contributed by atoms with Gasteiger partial charge < -0.3 is 10.00 Å². The number of hydrogen-bond donors (Lipinski definition) is 3. The molecule has 54 valence electrons. The van der Waals surface area contributed by atoms with Gasteiger partial charge in [0.25, 0.3) is 6.57 Å². The highest BCUT2D eigenvalue weighted by molar-refractivity contribution is 8.46. The lowest BCUT2D eigenvalue weighted by atomic mass is 10.5. The summed E-state index contributed by atoms with van der Waals surface area (Å²) in [4.78, 5) is 18.2. The topological polar surface area (TPSA) is 74.6 Å². The van der Waals surface area contributed by atoms with Gasteiger partial charge >= 0.3 is 5.97 Å². The van der Waals surface area contributed by atoms with E-state index in [2.05, 4.69) is 12.2 Å². The van der Waals surface area contributed by atoms with E-state index in [1.165, 1.54) is 0 Å². The van der Waals surface area contributed by atoms with Crippen LogP contribution in [0, 0.1) is 0 Å². The van der Waals surface area contributed by atoms with Gasteiger partial charge in [-0.3, -0.25) is 9.36 Å². The molecule has 0 heterocycles. The van der Waals surface area contributed by atoms with Crippen molar-refractivity contribution in [3.8, 4) is 0 Å². The van der Waals surface area contributed by atoms with Gasteiger partial charge in [0.15, 0.2) is 0 Å². The molecule has 0 saturated carbocycles. The first kappa shape index (κ1) is 9.01. The van der Waals surface area contributed by atoms with E-state index in [0.29, 0.717) is 0 Å². The maximum atomic E-state index is 10.3. The lowest BCUT2D eigenvalue weighted by Crippen LogP contribution is -1.97. The number of thiol groups is 1. The predicted molar refractivity (Wildman–Crippen MR) is 35.9 cm³/mol. The van der Waals surface area contributed by atoms with Crippen molar-refractivity contribution in [3.05, 3.63) is 0 Å². The molecule has 9 heavy (non-hydrogen) atoms. The molecule has 4 nitrogen and oxygen atoms in total. The molecule has 0 radical (unpaired) electrons. The summed E-state index contributed by atoms with van der Waals surface area (Å²) in [5.41, 5.74) is 0. The Labute approximate surface area is 57.5 Å². The van der Waals surface area contributed by atoms with Crippen molar-refractivity contribution in [2.45, 2.75) is 6.42 Å². The van der Waals surface area contributed by atoms with E-state index in [1.54, 1.807) is 0 Å². The molecule has 6 heteroatoms. The van der Waals surface area contributed by atoms with Crippen LogP contribution in [0.2, 0.25) is 0 Å². The van der Waals surface area contributed by atoms with Gasteiger partial charge in [-0.15, -0.1) is 0 Å². The van der Waals surface area contributed by atoms with E-state index in [9.17, 15) is 9.36 Å². The van der Waals surface area contributed by atoms with Gasteiger partial charge in [0, 0.05) is 6.16 Å². The summed E-state index contributed by atoms with van der Waals surface area (Å²) in [7, 11) is 0. The molecule has 2 N–H and O–H groups in total. The number of aliphatic carboxylic acids is 1. The zero-order chi connectivity index (χ0) is 7.49. The highest BCUT2D eigenvalue weighted by Crippen LogP contribution is 2.45. The third-order valence-electron chi connectivity index (χ3n) is 0.617. The third kappa shape index (κ3) is 8.01. The molecule has 1 atom stereocenters. The molecule has 0 spiro atoms. The molecule has 0 aromatic rings. The first-order valence-corrected chi connectivity index (χ1v) is 5.18. The van der Waals surface area contributed by atoms with Crippen molar-refractivity contribution in [1.82, 2.24) is 0 Å². The molecular formula is C3H7O4PS. The van der Waals surface area contributed by atoms with Crippen LogP contribution in [0.5, 0.6) is 0 Å². The van der Waals surface area contributed by atoms with Crippen molar-refractivity contribution in [1.29, 1.82) is 0 Å². The Bertz CT molecular complexity index is 150. The zero-order valence-electron chi connectivity index (χ0n) is 4.52. The molecule has 0 aliphatic carbocycles. The molecule has 0 aliphatic rings. The summed E-state index contributed by atoms with van der Waals surface area (Å²) >= 11 is 3.28. The molecule has 0 fully saturated rings. The Morgan fingerprint density at radius 3 is 2.22 bits per heavy atom. The summed E-state index contributed by atoms with van der Waals surface area (Å²) in [5, 5.41) is 8.01. The highest BCUT2D eigenvalue weighted by Gasteiger charge is 2.12. The van der Waals surface area contributed by atoms with E-state index in [4.69, 9.17) is 10.00 Å². The maximum Gasteiger partial charge on any atom is 0.303 e. The maximum absolute atomic E-state index is 10.3. The Morgan fingerprint density at radius 2 is 2.11 bits per heavy atom. The Morgan fingerprint density at radius 1 is 1.67 bits per heavy atom. The van der Waals surface area contributed by atoms with Gasteiger partial charge in [0.05, 0.1) is 6.42 Å². The van der Waals surface area contributed by atoms with Gasteiger partial charge in [0.1, 0.15) is 0 Å². The number of carboxylic acid groups (broad SMARTS) is 1. The third-order valence-corrected chi connectivity index (χ3v) is 2.02. The van der Waals surface area contributed by atoms with Crippen LogP contribution in [0.4, 0.5) is 0 Å². The van der Waals surface area contributed by atoms with E-state index in [1.807, 2.05) is 0 Å². The second-order valence-electron chi connectivity index (χ2n) is 1.53.